The summed E-state index contributed by atoms with van der Waals surface area (Å²) in [4.78, 5) is 2.44. The number of allylic oxidation sites excluding steroid dienone is 6. The van der Waals surface area contributed by atoms with E-state index in [4.69, 9.17) is 0 Å². The zero-order valence-corrected chi connectivity index (χ0v) is 37.1. The normalized spacial score (nSPS) is 18.8. The van der Waals surface area contributed by atoms with Gasteiger partial charge < -0.3 is 9.47 Å². The highest BCUT2D eigenvalue weighted by Gasteiger charge is 2.42. The van der Waals surface area contributed by atoms with Crippen LogP contribution in [-0.2, 0) is 11.8 Å². The van der Waals surface area contributed by atoms with Crippen LogP contribution in [0.15, 0.2) is 199 Å². The molecule has 0 fully saturated rings. The van der Waals surface area contributed by atoms with E-state index in [2.05, 4.69) is 205 Å². The number of rotatable bonds is 5. The van der Waals surface area contributed by atoms with E-state index in [0.29, 0.717) is 11.8 Å². The third kappa shape index (κ3) is 5.40. The third-order valence-electron chi connectivity index (χ3n) is 16.1. The number of para-hydroxylation sites is 1. The lowest BCUT2D eigenvalue weighted by Crippen LogP contribution is -2.29. The molecule has 0 spiro atoms. The summed E-state index contributed by atoms with van der Waals surface area (Å²) >= 11 is 0. The second kappa shape index (κ2) is 13.9. The number of nitrogens with zero attached hydrogens (tertiary/aromatic N) is 2. The monoisotopic (exact) mass is 834 g/mol. The first-order valence-corrected chi connectivity index (χ1v) is 23.9. The molecule has 2 heteroatoms. The molecule has 8 aromatic carbocycles. The second-order valence-corrected chi connectivity index (χ2v) is 19.8. The van der Waals surface area contributed by atoms with Gasteiger partial charge >= 0.3 is 0 Å². The molecule has 0 radical (unpaired) electrons. The Labute approximate surface area is 381 Å². The predicted molar refractivity (Wildman–Crippen MR) is 273 cm³/mol. The summed E-state index contributed by atoms with van der Waals surface area (Å²) in [6.07, 6.45) is 12.1. The van der Waals surface area contributed by atoms with Gasteiger partial charge in [-0.25, -0.2) is 0 Å². The number of benzene rings is 8. The lowest BCUT2D eigenvalue weighted by molar-refractivity contribution is 0.457. The average Bonchev–Trinajstić information content (AvgIpc) is 3.80. The van der Waals surface area contributed by atoms with Gasteiger partial charge in [-0.2, -0.15) is 0 Å². The lowest BCUT2D eigenvalue weighted by atomic mass is 9.61. The van der Waals surface area contributed by atoms with Gasteiger partial charge in [0.1, 0.15) is 0 Å². The molecule has 0 saturated carbocycles. The zero-order valence-electron chi connectivity index (χ0n) is 37.1. The number of hydrogen-bond acceptors (Lipinski definition) is 1. The Morgan fingerprint density at radius 1 is 0.554 bits per heavy atom. The van der Waals surface area contributed by atoms with E-state index in [0.717, 1.165) is 12.1 Å². The summed E-state index contributed by atoms with van der Waals surface area (Å²) in [6, 6.07) is 64.0. The number of fused-ring (bicyclic) bond motifs is 9. The number of hydrogen-bond donors (Lipinski definition) is 0. The Hall–Kier alpha value is -7.16. The van der Waals surface area contributed by atoms with Gasteiger partial charge in [-0.05, 0) is 171 Å². The fourth-order valence-corrected chi connectivity index (χ4v) is 13.2. The first-order chi connectivity index (χ1) is 32.0. The van der Waals surface area contributed by atoms with Crippen LogP contribution in [0.4, 0.5) is 17.1 Å². The van der Waals surface area contributed by atoms with Crippen molar-refractivity contribution in [3.63, 3.8) is 0 Å². The maximum Gasteiger partial charge on any atom is 0.0540 e. The van der Waals surface area contributed by atoms with Gasteiger partial charge in [-0.1, -0.05) is 141 Å². The maximum absolute atomic E-state index is 2.67. The minimum absolute atomic E-state index is 0.195. The molecular weight excluding hydrogens is 785 g/mol. The number of aromatic nitrogens is 1. The predicted octanol–water partition coefficient (Wildman–Crippen LogP) is 16.8. The van der Waals surface area contributed by atoms with Crippen molar-refractivity contribution in [3.8, 4) is 27.9 Å². The Kier molecular flexibility index (Phi) is 7.97. The van der Waals surface area contributed by atoms with E-state index >= 15 is 0 Å². The van der Waals surface area contributed by atoms with Crippen molar-refractivity contribution >= 4 is 55.1 Å². The van der Waals surface area contributed by atoms with Crippen LogP contribution in [0.2, 0.25) is 0 Å². The van der Waals surface area contributed by atoms with Gasteiger partial charge in [0.15, 0.2) is 0 Å². The molecule has 65 heavy (non-hydrogen) atoms. The van der Waals surface area contributed by atoms with Crippen LogP contribution in [0.3, 0.4) is 0 Å². The third-order valence-corrected chi connectivity index (χ3v) is 16.1. The molecule has 0 aliphatic heterocycles. The summed E-state index contributed by atoms with van der Waals surface area (Å²) in [5, 5.41) is 6.51. The van der Waals surface area contributed by atoms with Crippen LogP contribution in [0.5, 0.6) is 0 Å². The summed E-state index contributed by atoms with van der Waals surface area (Å²) in [5.41, 5.74) is 23.7. The molecule has 0 bridgehead atoms. The molecule has 14 rings (SSSR count). The topological polar surface area (TPSA) is 8.17 Å². The van der Waals surface area contributed by atoms with Crippen molar-refractivity contribution in [3.05, 3.63) is 221 Å². The van der Waals surface area contributed by atoms with Crippen molar-refractivity contribution in [2.24, 2.45) is 11.8 Å². The first kappa shape index (κ1) is 37.2. The lowest BCUT2D eigenvalue weighted by Gasteiger charge is -2.43. The van der Waals surface area contributed by atoms with Crippen LogP contribution in [0.25, 0.3) is 66.0 Å². The molecule has 5 aliphatic rings. The fraction of sp³-hybridized carbons (Fsp3) is 0.175. The van der Waals surface area contributed by atoms with Gasteiger partial charge in [-0.3, -0.25) is 0 Å². The van der Waals surface area contributed by atoms with Crippen molar-refractivity contribution in [1.29, 1.82) is 0 Å². The van der Waals surface area contributed by atoms with E-state index in [-0.39, 0.29) is 5.41 Å². The number of anilines is 3. The van der Waals surface area contributed by atoms with Crippen LogP contribution in [0.1, 0.15) is 68.3 Å². The Morgan fingerprint density at radius 2 is 1.25 bits per heavy atom. The molecule has 312 valence electrons. The van der Waals surface area contributed by atoms with E-state index in [9.17, 15) is 0 Å². The van der Waals surface area contributed by atoms with Crippen molar-refractivity contribution in [2.45, 2.75) is 57.8 Å². The minimum Gasteiger partial charge on any atom is -0.312 e. The molecule has 1 heterocycles. The average molecular weight is 835 g/mol. The van der Waals surface area contributed by atoms with E-state index < -0.39 is 0 Å². The van der Waals surface area contributed by atoms with Gasteiger partial charge in [0.2, 0.25) is 0 Å². The Balaban J connectivity index is 0.919. The maximum atomic E-state index is 2.67. The SMILES string of the molecule is CC1(C)c2cc(-c3ccc4c(c3)c3c(n4-c4cccc5ccccc45)CC4CCC5=C6C4=C3CCC6CC=C5)ccc2-c2ccc(N(c3ccccc3)c3cccc4ccccc34)cc21. The van der Waals surface area contributed by atoms with Gasteiger partial charge in [0.25, 0.3) is 0 Å². The summed E-state index contributed by atoms with van der Waals surface area (Å²) in [7, 11) is 0. The largest absolute Gasteiger partial charge is 0.312 e. The van der Waals surface area contributed by atoms with Crippen molar-refractivity contribution < 1.29 is 0 Å². The standard InChI is InChI=1S/C63H50N2/c1-63(2)54-36-44(28-31-50(54)51-33-30-47(38-55(51)63)64(46-19-4-3-5-20-46)56-23-11-15-39-13-6-8-21-48(39)56)43-29-34-58-53(35-43)62-52-32-27-42-18-10-17-41-25-26-45(61(52)60(41)42)37-59(62)65(58)57-24-12-16-40-14-7-9-22-49(40)57/h3-17,19-24,28-31,33-36,38,42,45H,18,25-27,32,37H2,1-2H3. The van der Waals surface area contributed by atoms with Crippen LogP contribution in [0, 0.1) is 11.8 Å². The summed E-state index contributed by atoms with van der Waals surface area (Å²) in [6.45, 7) is 4.85. The van der Waals surface area contributed by atoms with E-state index in [1.54, 1.807) is 22.3 Å². The fourth-order valence-electron chi connectivity index (χ4n) is 13.2. The summed E-state index contributed by atoms with van der Waals surface area (Å²) < 4.78 is 2.67. The highest BCUT2D eigenvalue weighted by molar-refractivity contribution is 6.04. The highest BCUT2D eigenvalue weighted by atomic mass is 15.1. The molecule has 2 unspecified atom stereocenters. The van der Waals surface area contributed by atoms with Gasteiger partial charge in [0.05, 0.1) is 16.9 Å². The van der Waals surface area contributed by atoms with Gasteiger partial charge in [-0.15, -0.1) is 0 Å². The molecule has 5 aliphatic carbocycles. The molecular formula is C63H50N2. The summed E-state index contributed by atoms with van der Waals surface area (Å²) in [5.74, 6) is 1.28. The van der Waals surface area contributed by atoms with Crippen LogP contribution >= 0.6 is 0 Å². The van der Waals surface area contributed by atoms with E-state index in [1.165, 1.54) is 126 Å². The Morgan fingerprint density at radius 3 is 2.11 bits per heavy atom. The minimum atomic E-state index is -0.195. The smallest absolute Gasteiger partial charge is 0.0540 e. The molecule has 2 nitrogen and oxygen atoms in total. The van der Waals surface area contributed by atoms with Crippen LogP contribution in [-0.4, -0.2) is 4.57 Å². The second-order valence-electron chi connectivity index (χ2n) is 19.8. The molecule has 9 aromatic rings. The molecule has 1 aromatic heterocycles. The van der Waals surface area contributed by atoms with Crippen LogP contribution < -0.4 is 4.90 Å². The quantitative estimate of drug-likeness (QED) is 0.168. The van der Waals surface area contributed by atoms with Crippen molar-refractivity contribution in [2.75, 3.05) is 4.90 Å². The van der Waals surface area contributed by atoms with Gasteiger partial charge in [0, 0.05) is 44.2 Å². The molecule has 0 N–H and O–H groups in total. The first-order valence-electron chi connectivity index (χ1n) is 23.9. The molecule has 0 amide bonds. The molecule has 2 atom stereocenters. The van der Waals surface area contributed by atoms with Crippen molar-refractivity contribution in [1.82, 2.24) is 4.57 Å². The zero-order chi connectivity index (χ0) is 43.0. The Bertz CT molecular complexity index is 3580. The molecule has 0 saturated heterocycles. The highest BCUT2D eigenvalue weighted by Crippen LogP contribution is 2.57. The van der Waals surface area contributed by atoms with E-state index in [1.807, 2.05) is 0 Å².